The Kier molecular flexibility index (Phi) is 9.87. The summed E-state index contributed by atoms with van der Waals surface area (Å²) < 4.78 is 11.8. The highest BCUT2D eigenvalue weighted by molar-refractivity contribution is 5.97. The zero-order valence-corrected chi connectivity index (χ0v) is 28.6. The van der Waals surface area contributed by atoms with E-state index in [1.807, 2.05) is 24.3 Å². The standard InChI is InChI=1S/C39H47N7O2/c1-28-9-6-11-30-12-7-14-35(37(28)30)46-22-18-33-34(25-46)42-39(48-26-32-13-8-19-44(32)2)43-38(33)45-20-16-29(17-21-45)23-40-27-41-24-31-10-4-5-15-36(31)47-3/h4-7,9-12,14-15,29,32H,8,13,16-26H2,1-3H3/t32-/m0/s1. The number of anilines is 2. The molecule has 0 bridgehead atoms. The maximum absolute atomic E-state index is 6.38. The maximum atomic E-state index is 6.38. The molecule has 3 aromatic carbocycles. The summed E-state index contributed by atoms with van der Waals surface area (Å²) >= 11 is 0. The van der Waals surface area contributed by atoms with Crippen LogP contribution in [0.25, 0.3) is 10.8 Å². The smallest absolute Gasteiger partial charge is 0.318 e. The van der Waals surface area contributed by atoms with E-state index in [-0.39, 0.29) is 0 Å². The number of aryl methyl sites for hydroxylation is 1. The van der Waals surface area contributed by atoms with E-state index in [4.69, 9.17) is 19.4 Å². The number of para-hydroxylation sites is 1. The molecule has 1 atom stereocenters. The second-order valence-corrected chi connectivity index (χ2v) is 13.5. The molecule has 4 heterocycles. The first-order valence-electron chi connectivity index (χ1n) is 17.5. The van der Waals surface area contributed by atoms with Crippen LogP contribution in [0.5, 0.6) is 11.8 Å². The average Bonchev–Trinajstić information content (AvgIpc) is 3.54. The van der Waals surface area contributed by atoms with Gasteiger partial charge in [-0.05, 0) is 81.6 Å². The largest absolute Gasteiger partial charge is 0.496 e. The van der Waals surface area contributed by atoms with Gasteiger partial charge in [0, 0.05) is 47.9 Å². The first kappa shape index (κ1) is 32.1. The number of piperidine rings is 1. The normalized spacial score (nSPS) is 18.4. The van der Waals surface area contributed by atoms with E-state index in [1.165, 1.54) is 34.0 Å². The highest BCUT2D eigenvalue weighted by Gasteiger charge is 2.29. The molecule has 3 aliphatic rings. The minimum absolute atomic E-state index is 0.415. The number of aromatic nitrogens is 2. The summed E-state index contributed by atoms with van der Waals surface area (Å²) in [5.41, 5.74) is 5.98. The highest BCUT2D eigenvalue weighted by Crippen LogP contribution is 2.36. The van der Waals surface area contributed by atoms with Crippen molar-refractivity contribution in [1.82, 2.24) is 14.9 Å². The molecule has 0 radical (unpaired) electrons. The van der Waals surface area contributed by atoms with Crippen LogP contribution in [-0.4, -0.2) is 80.4 Å². The van der Waals surface area contributed by atoms with Crippen LogP contribution >= 0.6 is 0 Å². The van der Waals surface area contributed by atoms with Crippen molar-refractivity contribution in [3.05, 3.63) is 83.0 Å². The molecule has 9 heteroatoms. The number of hydrogen-bond acceptors (Lipinski definition) is 9. The molecule has 48 heavy (non-hydrogen) atoms. The fourth-order valence-electron chi connectivity index (χ4n) is 7.55. The second-order valence-electron chi connectivity index (χ2n) is 13.5. The molecule has 0 spiro atoms. The number of ether oxygens (including phenoxy) is 2. The summed E-state index contributed by atoms with van der Waals surface area (Å²) in [6, 6.07) is 25.0. The van der Waals surface area contributed by atoms with Crippen molar-refractivity contribution in [2.75, 3.05) is 63.3 Å². The topological polar surface area (TPSA) is 78.7 Å². The molecular formula is C39H47N7O2. The third-order valence-electron chi connectivity index (χ3n) is 10.4. The van der Waals surface area contributed by atoms with Crippen molar-refractivity contribution >= 4 is 28.3 Å². The molecule has 0 saturated carbocycles. The molecule has 9 nitrogen and oxygen atoms in total. The minimum Gasteiger partial charge on any atom is -0.496 e. The number of fused-ring (bicyclic) bond motifs is 2. The average molecular weight is 646 g/mol. The van der Waals surface area contributed by atoms with Crippen LogP contribution in [0, 0.1) is 12.8 Å². The van der Waals surface area contributed by atoms with Gasteiger partial charge in [-0.25, -0.2) is 9.98 Å². The molecule has 0 aliphatic carbocycles. The number of benzene rings is 3. The zero-order valence-electron chi connectivity index (χ0n) is 28.6. The summed E-state index contributed by atoms with van der Waals surface area (Å²) in [6.45, 7) is 8.78. The van der Waals surface area contributed by atoms with Gasteiger partial charge in [0.2, 0.25) is 0 Å². The van der Waals surface area contributed by atoms with Crippen molar-refractivity contribution in [3.63, 3.8) is 0 Å². The lowest BCUT2D eigenvalue weighted by atomic mass is 9.95. The third-order valence-corrected chi connectivity index (χ3v) is 10.4. The maximum Gasteiger partial charge on any atom is 0.318 e. The molecule has 4 aromatic rings. The number of rotatable bonds is 10. The predicted octanol–water partition coefficient (Wildman–Crippen LogP) is 6.57. The van der Waals surface area contributed by atoms with E-state index in [0.29, 0.717) is 31.1 Å². The lowest BCUT2D eigenvalue weighted by molar-refractivity contribution is 0.187. The number of nitrogens with zero attached hydrogens (tertiary/aromatic N) is 7. The minimum atomic E-state index is 0.415. The van der Waals surface area contributed by atoms with E-state index < -0.39 is 0 Å². The van der Waals surface area contributed by atoms with Crippen LogP contribution < -0.4 is 19.3 Å². The Morgan fingerprint density at radius 2 is 1.73 bits per heavy atom. The van der Waals surface area contributed by atoms with Crippen molar-refractivity contribution in [1.29, 1.82) is 0 Å². The van der Waals surface area contributed by atoms with Crippen molar-refractivity contribution in [3.8, 4) is 11.8 Å². The number of likely N-dealkylation sites (tertiary alicyclic amines) is 1. The quantitative estimate of drug-likeness (QED) is 0.181. The van der Waals surface area contributed by atoms with E-state index in [9.17, 15) is 0 Å². The number of hydrogen-bond donors (Lipinski definition) is 0. The molecule has 0 amide bonds. The Hall–Kier alpha value is -4.46. The van der Waals surface area contributed by atoms with Gasteiger partial charge in [0.1, 0.15) is 18.2 Å². The summed E-state index contributed by atoms with van der Waals surface area (Å²) in [4.78, 5) is 26.5. The van der Waals surface area contributed by atoms with Gasteiger partial charge >= 0.3 is 6.01 Å². The van der Waals surface area contributed by atoms with E-state index in [0.717, 1.165) is 87.8 Å². The highest BCUT2D eigenvalue weighted by atomic mass is 16.5. The van der Waals surface area contributed by atoms with Crippen molar-refractivity contribution in [2.45, 2.75) is 58.2 Å². The summed E-state index contributed by atoms with van der Waals surface area (Å²) in [5, 5.41) is 2.61. The molecule has 2 saturated heterocycles. The van der Waals surface area contributed by atoms with Crippen LogP contribution in [0.15, 0.2) is 70.6 Å². The first-order chi connectivity index (χ1) is 23.6. The number of methoxy groups -OCH3 is 1. The summed E-state index contributed by atoms with van der Waals surface area (Å²) in [7, 11) is 3.87. The molecule has 1 aromatic heterocycles. The van der Waals surface area contributed by atoms with Crippen LogP contribution in [0.3, 0.4) is 0 Å². The SMILES string of the molecule is COc1ccccc1CN=C=NCC1CCN(c2nc(OC[C@@H]3CCCN3C)nc3c2CCN(c2cccc4cccc(C)c24)C3)CC1. The Balaban J connectivity index is 1.06. The van der Waals surface area contributed by atoms with Crippen molar-refractivity contribution < 1.29 is 9.47 Å². The molecule has 0 N–H and O–H groups in total. The second kappa shape index (κ2) is 14.8. The number of likely N-dealkylation sites (N-methyl/N-ethyl adjacent to an activating group) is 1. The predicted molar refractivity (Wildman–Crippen MR) is 193 cm³/mol. The van der Waals surface area contributed by atoms with E-state index >= 15 is 0 Å². The van der Waals surface area contributed by atoms with Gasteiger partial charge in [0.15, 0.2) is 0 Å². The Labute approximate surface area is 284 Å². The lowest BCUT2D eigenvalue weighted by Crippen LogP contribution is -2.38. The molecule has 3 aliphatic heterocycles. The van der Waals surface area contributed by atoms with Crippen LogP contribution in [0.4, 0.5) is 11.5 Å². The molecule has 250 valence electrons. The first-order valence-corrected chi connectivity index (χ1v) is 17.5. The van der Waals surface area contributed by atoms with Gasteiger partial charge < -0.3 is 24.2 Å². The molecule has 2 fully saturated rings. The fraction of sp³-hybridized carbons (Fsp3) is 0.462. The summed E-state index contributed by atoms with van der Waals surface area (Å²) in [5.74, 6) is 2.41. The Bertz CT molecular complexity index is 1790. The Morgan fingerprint density at radius 3 is 2.54 bits per heavy atom. The molecule has 0 unspecified atom stereocenters. The van der Waals surface area contributed by atoms with Gasteiger partial charge in [-0.2, -0.15) is 9.97 Å². The zero-order chi connectivity index (χ0) is 32.9. The third kappa shape index (κ3) is 7.03. The lowest BCUT2D eigenvalue weighted by Gasteiger charge is -2.37. The van der Waals surface area contributed by atoms with Gasteiger partial charge in [-0.1, -0.05) is 48.5 Å². The van der Waals surface area contributed by atoms with Crippen molar-refractivity contribution in [2.24, 2.45) is 15.9 Å². The van der Waals surface area contributed by atoms with Gasteiger partial charge in [0.05, 0.1) is 38.4 Å². The Morgan fingerprint density at radius 1 is 0.896 bits per heavy atom. The van der Waals surface area contributed by atoms with Crippen LogP contribution in [0.2, 0.25) is 0 Å². The number of aliphatic imine (C=N–C) groups is 2. The van der Waals surface area contributed by atoms with Gasteiger partial charge in [-0.15, -0.1) is 0 Å². The van der Waals surface area contributed by atoms with E-state index in [2.05, 4.69) is 81.1 Å². The van der Waals surface area contributed by atoms with Crippen LogP contribution in [-0.2, 0) is 19.5 Å². The van der Waals surface area contributed by atoms with E-state index in [1.54, 1.807) is 7.11 Å². The fourth-order valence-corrected chi connectivity index (χ4v) is 7.55. The molecular weight excluding hydrogens is 598 g/mol. The van der Waals surface area contributed by atoms with Crippen LogP contribution in [0.1, 0.15) is 48.1 Å². The molecule has 7 rings (SSSR count). The van der Waals surface area contributed by atoms with Gasteiger partial charge in [-0.3, -0.25) is 0 Å². The summed E-state index contributed by atoms with van der Waals surface area (Å²) in [6.07, 6.45) is 5.39. The monoisotopic (exact) mass is 645 g/mol. The van der Waals surface area contributed by atoms with Gasteiger partial charge in [0.25, 0.3) is 0 Å².